The summed E-state index contributed by atoms with van der Waals surface area (Å²) in [6, 6.07) is 10.2. The Morgan fingerprint density at radius 3 is 2.55 bits per heavy atom. The van der Waals surface area contributed by atoms with Gasteiger partial charge in [0.2, 0.25) is 0 Å². The summed E-state index contributed by atoms with van der Waals surface area (Å²) in [6.45, 7) is 1.90. The molecule has 29 heavy (non-hydrogen) atoms. The van der Waals surface area contributed by atoms with Crippen molar-refractivity contribution in [3.63, 3.8) is 0 Å². The van der Waals surface area contributed by atoms with Gasteiger partial charge in [-0.1, -0.05) is 30.3 Å². The number of carboxylic acids is 1. The molecule has 0 aliphatic heterocycles. The fourth-order valence-electron chi connectivity index (χ4n) is 3.98. The highest BCUT2D eigenvalue weighted by molar-refractivity contribution is 9.10. The number of ether oxygens (including phenoxy) is 2. The van der Waals surface area contributed by atoms with Gasteiger partial charge in [0.25, 0.3) is 0 Å². The minimum absolute atomic E-state index is 0.202. The highest BCUT2D eigenvalue weighted by atomic mass is 79.9. The first-order valence-electron chi connectivity index (χ1n) is 10.2. The van der Waals surface area contributed by atoms with E-state index in [0.717, 1.165) is 54.4 Å². The van der Waals surface area contributed by atoms with E-state index >= 15 is 0 Å². The summed E-state index contributed by atoms with van der Waals surface area (Å²) in [6.07, 6.45) is 5.19. The molecule has 1 aromatic carbocycles. The van der Waals surface area contributed by atoms with E-state index in [4.69, 9.17) is 19.7 Å². The van der Waals surface area contributed by atoms with Crippen LogP contribution in [-0.4, -0.2) is 47.8 Å². The van der Waals surface area contributed by atoms with Gasteiger partial charge in [0.1, 0.15) is 12.3 Å². The molecule has 6 nitrogen and oxygen atoms in total. The molecule has 0 amide bonds. The van der Waals surface area contributed by atoms with Gasteiger partial charge < -0.3 is 14.6 Å². The Hall–Kier alpha value is -1.70. The van der Waals surface area contributed by atoms with Crippen LogP contribution in [0.3, 0.4) is 0 Å². The lowest BCUT2D eigenvalue weighted by molar-refractivity contribution is -0.142. The first-order valence-corrected chi connectivity index (χ1v) is 11.0. The van der Waals surface area contributed by atoms with Gasteiger partial charge >= 0.3 is 5.97 Å². The zero-order valence-electron chi connectivity index (χ0n) is 16.8. The number of rotatable bonds is 10. The van der Waals surface area contributed by atoms with Crippen molar-refractivity contribution in [2.45, 2.75) is 38.6 Å². The molecule has 0 bridgehead atoms. The minimum Gasteiger partial charge on any atom is -0.480 e. The molecule has 3 rings (SSSR count). The predicted molar refractivity (Wildman–Crippen MR) is 115 cm³/mol. The van der Waals surface area contributed by atoms with Crippen molar-refractivity contribution in [2.24, 2.45) is 11.8 Å². The smallest absolute Gasteiger partial charge is 0.329 e. The van der Waals surface area contributed by atoms with Crippen molar-refractivity contribution >= 4 is 21.9 Å². The normalized spacial score (nSPS) is 19.4. The molecule has 1 aromatic heterocycles. The Kier molecular flexibility index (Phi) is 8.27. The van der Waals surface area contributed by atoms with E-state index in [0.29, 0.717) is 25.0 Å². The van der Waals surface area contributed by atoms with Gasteiger partial charge in [-0.3, -0.25) is 4.68 Å². The van der Waals surface area contributed by atoms with E-state index in [2.05, 4.69) is 32.7 Å². The third kappa shape index (κ3) is 6.14. The number of hydrogen-bond acceptors (Lipinski definition) is 4. The number of aromatic nitrogens is 2. The second-order valence-electron chi connectivity index (χ2n) is 7.70. The number of methoxy groups -OCH3 is 1. The number of aliphatic carboxylic acids is 1. The molecule has 2 aromatic rings. The number of benzene rings is 1. The molecular weight excluding hydrogens is 436 g/mol. The third-order valence-corrected chi connectivity index (χ3v) is 6.39. The van der Waals surface area contributed by atoms with Crippen molar-refractivity contribution in [3.05, 3.63) is 40.5 Å². The van der Waals surface area contributed by atoms with Crippen molar-refractivity contribution < 1.29 is 19.4 Å². The Balaban J connectivity index is 1.65. The van der Waals surface area contributed by atoms with Crippen LogP contribution >= 0.6 is 15.9 Å². The number of hydrogen-bond donors (Lipinski definition) is 1. The second-order valence-corrected chi connectivity index (χ2v) is 8.49. The third-order valence-electron chi connectivity index (χ3n) is 5.56. The molecule has 1 N–H and O–H groups in total. The highest BCUT2D eigenvalue weighted by Gasteiger charge is 2.24. The van der Waals surface area contributed by atoms with Crippen molar-refractivity contribution in [1.29, 1.82) is 0 Å². The van der Waals surface area contributed by atoms with Crippen LogP contribution < -0.4 is 0 Å². The molecular formula is C22H29BrN2O4. The van der Waals surface area contributed by atoms with Crippen LogP contribution in [0.4, 0.5) is 0 Å². The minimum atomic E-state index is -0.902. The highest BCUT2D eigenvalue weighted by Crippen LogP contribution is 2.34. The van der Waals surface area contributed by atoms with Crippen LogP contribution in [-0.2, 0) is 27.2 Å². The van der Waals surface area contributed by atoms with Crippen molar-refractivity contribution in [2.75, 3.05) is 26.9 Å². The summed E-state index contributed by atoms with van der Waals surface area (Å²) in [5, 5.41) is 13.6. The summed E-state index contributed by atoms with van der Waals surface area (Å²) in [5.74, 6) is 0.131. The molecule has 0 unspecified atom stereocenters. The van der Waals surface area contributed by atoms with E-state index < -0.39 is 5.97 Å². The van der Waals surface area contributed by atoms with Gasteiger partial charge in [-0.25, -0.2) is 4.79 Å². The zero-order valence-corrected chi connectivity index (χ0v) is 18.4. The van der Waals surface area contributed by atoms with Gasteiger partial charge in [0, 0.05) is 25.6 Å². The second kappa shape index (κ2) is 10.9. The first-order chi connectivity index (χ1) is 14.1. The van der Waals surface area contributed by atoms with Crippen LogP contribution in [0.2, 0.25) is 0 Å². The molecule has 1 saturated carbocycles. The van der Waals surface area contributed by atoms with Crippen LogP contribution in [0.5, 0.6) is 0 Å². The Morgan fingerprint density at radius 1 is 1.21 bits per heavy atom. The Labute approximate surface area is 180 Å². The van der Waals surface area contributed by atoms with Crippen LogP contribution in [0.15, 0.2) is 34.8 Å². The molecule has 0 saturated heterocycles. The van der Waals surface area contributed by atoms with Gasteiger partial charge in [-0.05, 0) is 53.4 Å². The molecule has 1 fully saturated rings. The molecule has 7 heteroatoms. The monoisotopic (exact) mass is 464 g/mol. The summed E-state index contributed by atoms with van der Waals surface area (Å²) in [4.78, 5) is 10.6. The van der Waals surface area contributed by atoms with E-state index in [-0.39, 0.29) is 6.61 Å². The SMILES string of the molecule is COCCc1c(Br)c(-c2ccccc2)nn1C[C@H]1CC[C@@H](COCC(=O)O)CC1. The first kappa shape index (κ1) is 22.0. The predicted octanol–water partition coefficient (Wildman–Crippen LogP) is 4.41. The van der Waals surface area contributed by atoms with Crippen LogP contribution in [0.1, 0.15) is 31.4 Å². The average molecular weight is 465 g/mol. The molecule has 1 aliphatic rings. The lowest BCUT2D eigenvalue weighted by Gasteiger charge is -2.28. The standard InChI is InChI=1S/C22H29BrN2O4/c1-28-12-11-19-21(23)22(18-5-3-2-4-6-18)24-25(19)13-16-7-9-17(10-8-16)14-29-15-20(26)27/h2-6,16-17H,7-15H2,1H3,(H,26,27)/t16-,17+. The fraction of sp³-hybridized carbons (Fsp3) is 0.545. The van der Waals surface area contributed by atoms with E-state index in [1.807, 2.05) is 18.2 Å². The van der Waals surface area contributed by atoms with E-state index in [1.165, 1.54) is 5.69 Å². The number of carbonyl (C=O) groups is 1. The molecule has 158 valence electrons. The maximum Gasteiger partial charge on any atom is 0.329 e. The molecule has 1 heterocycles. The van der Waals surface area contributed by atoms with E-state index in [9.17, 15) is 4.79 Å². The van der Waals surface area contributed by atoms with Gasteiger partial charge in [0.15, 0.2) is 0 Å². The van der Waals surface area contributed by atoms with Crippen molar-refractivity contribution in [1.82, 2.24) is 9.78 Å². The zero-order chi connectivity index (χ0) is 20.6. The van der Waals surface area contributed by atoms with Crippen molar-refractivity contribution in [3.8, 4) is 11.3 Å². The largest absolute Gasteiger partial charge is 0.480 e. The van der Waals surface area contributed by atoms with Gasteiger partial charge in [-0.2, -0.15) is 5.10 Å². The van der Waals surface area contributed by atoms with Crippen LogP contribution in [0, 0.1) is 11.8 Å². The summed E-state index contributed by atoms with van der Waals surface area (Å²) in [7, 11) is 1.72. The average Bonchev–Trinajstić information content (AvgIpc) is 3.03. The molecule has 0 spiro atoms. The lowest BCUT2D eigenvalue weighted by Crippen LogP contribution is -2.24. The fourth-order valence-corrected chi connectivity index (χ4v) is 4.69. The van der Waals surface area contributed by atoms with Crippen LogP contribution in [0.25, 0.3) is 11.3 Å². The number of nitrogens with zero attached hydrogens (tertiary/aromatic N) is 2. The Morgan fingerprint density at radius 2 is 1.90 bits per heavy atom. The number of halogens is 1. The maximum absolute atomic E-state index is 10.6. The topological polar surface area (TPSA) is 73.6 Å². The summed E-state index contributed by atoms with van der Waals surface area (Å²) in [5.41, 5.74) is 3.26. The maximum atomic E-state index is 10.6. The van der Waals surface area contributed by atoms with Gasteiger partial charge in [-0.15, -0.1) is 0 Å². The summed E-state index contributed by atoms with van der Waals surface area (Å²) >= 11 is 3.78. The quantitative estimate of drug-likeness (QED) is 0.563. The molecule has 0 radical (unpaired) electrons. The Bertz CT molecular complexity index is 786. The van der Waals surface area contributed by atoms with Gasteiger partial charge in [0.05, 0.1) is 23.4 Å². The number of carboxylic acid groups (broad SMARTS) is 1. The molecule has 0 atom stereocenters. The van der Waals surface area contributed by atoms with E-state index in [1.54, 1.807) is 7.11 Å². The summed E-state index contributed by atoms with van der Waals surface area (Å²) < 4.78 is 13.8. The lowest BCUT2D eigenvalue weighted by atomic mass is 9.82. The molecule has 1 aliphatic carbocycles.